The van der Waals surface area contributed by atoms with Gasteiger partial charge < -0.3 is 10.6 Å². The maximum Gasteiger partial charge on any atom is 0.433 e. The maximum atomic E-state index is 12.6. The highest BCUT2D eigenvalue weighted by atomic mass is 19.4. The Labute approximate surface area is 105 Å². The van der Waals surface area contributed by atoms with Gasteiger partial charge in [0, 0.05) is 13.1 Å². The van der Waals surface area contributed by atoms with E-state index in [1.165, 1.54) is 0 Å². The molecule has 102 valence electrons. The minimum Gasteiger partial charge on any atom is -0.396 e. The number of nitrogens with zero attached hydrogens (tertiary/aromatic N) is 2. The Morgan fingerprint density at radius 3 is 2.56 bits per heavy atom. The van der Waals surface area contributed by atoms with Crippen molar-refractivity contribution >= 4 is 11.4 Å². The molecule has 0 aliphatic rings. The number of rotatable bonds is 4. The van der Waals surface area contributed by atoms with Crippen LogP contribution in [0.2, 0.25) is 0 Å². The molecule has 1 rings (SSSR count). The Morgan fingerprint density at radius 1 is 1.44 bits per heavy atom. The molecule has 6 heteroatoms. The van der Waals surface area contributed by atoms with Crippen LogP contribution in [0, 0.1) is 0 Å². The molecule has 3 nitrogen and oxygen atoms in total. The van der Waals surface area contributed by atoms with Gasteiger partial charge in [0.05, 0.1) is 17.6 Å². The maximum absolute atomic E-state index is 12.6. The summed E-state index contributed by atoms with van der Waals surface area (Å²) in [5.41, 5.74) is 5.41. The number of aromatic nitrogens is 1. The van der Waals surface area contributed by atoms with Crippen molar-refractivity contribution in [2.45, 2.75) is 38.9 Å². The van der Waals surface area contributed by atoms with Gasteiger partial charge in [0.25, 0.3) is 0 Å². The molecule has 18 heavy (non-hydrogen) atoms. The first-order chi connectivity index (χ1) is 8.27. The van der Waals surface area contributed by atoms with E-state index in [0.29, 0.717) is 5.69 Å². The number of anilines is 2. The monoisotopic (exact) mass is 261 g/mol. The molecule has 1 aromatic rings. The first-order valence-corrected chi connectivity index (χ1v) is 5.83. The van der Waals surface area contributed by atoms with E-state index < -0.39 is 11.9 Å². The fourth-order valence-electron chi connectivity index (χ4n) is 1.76. The van der Waals surface area contributed by atoms with Gasteiger partial charge in [-0.3, -0.25) is 0 Å². The van der Waals surface area contributed by atoms with Crippen molar-refractivity contribution in [1.82, 2.24) is 4.98 Å². The molecular weight excluding hydrogens is 243 g/mol. The third-order valence-electron chi connectivity index (χ3n) is 2.95. The third kappa shape index (κ3) is 3.27. The molecular formula is C12H18F3N3. The van der Waals surface area contributed by atoms with Crippen molar-refractivity contribution in [1.29, 1.82) is 0 Å². The molecule has 0 spiro atoms. The second-order valence-corrected chi connectivity index (χ2v) is 4.37. The highest BCUT2D eigenvalue weighted by molar-refractivity contribution is 5.67. The molecule has 0 radical (unpaired) electrons. The van der Waals surface area contributed by atoms with Crippen LogP contribution in [0.4, 0.5) is 24.5 Å². The molecule has 2 N–H and O–H groups in total. The molecule has 1 heterocycles. The average Bonchev–Trinajstić information content (AvgIpc) is 2.27. The van der Waals surface area contributed by atoms with Crippen molar-refractivity contribution in [3.05, 3.63) is 18.0 Å². The van der Waals surface area contributed by atoms with E-state index in [9.17, 15) is 13.2 Å². The summed E-state index contributed by atoms with van der Waals surface area (Å²) in [6.07, 6.45) is -1.53. The summed E-state index contributed by atoms with van der Waals surface area (Å²) in [7, 11) is 1.74. The zero-order valence-electron chi connectivity index (χ0n) is 10.8. The topological polar surface area (TPSA) is 42.2 Å². The van der Waals surface area contributed by atoms with Crippen LogP contribution in [0.5, 0.6) is 0 Å². The Balaban J connectivity index is 3.08. The fourth-order valence-corrected chi connectivity index (χ4v) is 1.76. The van der Waals surface area contributed by atoms with Crippen LogP contribution in [0.15, 0.2) is 12.3 Å². The first kappa shape index (κ1) is 14.6. The number of hydrogen-bond donors (Lipinski definition) is 1. The summed E-state index contributed by atoms with van der Waals surface area (Å²) < 4.78 is 37.8. The van der Waals surface area contributed by atoms with Crippen LogP contribution in [-0.2, 0) is 6.18 Å². The van der Waals surface area contributed by atoms with Crippen LogP contribution >= 0.6 is 0 Å². The van der Waals surface area contributed by atoms with Crippen molar-refractivity contribution in [2.24, 2.45) is 0 Å². The number of hydrogen-bond acceptors (Lipinski definition) is 3. The minimum absolute atomic E-state index is 0.126. The largest absolute Gasteiger partial charge is 0.433 e. The smallest absolute Gasteiger partial charge is 0.396 e. The summed E-state index contributed by atoms with van der Waals surface area (Å²) in [5.74, 6) is 0. The lowest BCUT2D eigenvalue weighted by molar-refractivity contribution is -0.141. The van der Waals surface area contributed by atoms with Gasteiger partial charge in [-0.2, -0.15) is 13.2 Å². The second kappa shape index (κ2) is 5.46. The Bertz CT molecular complexity index is 404. The molecule has 0 bridgehead atoms. The average molecular weight is 261 g/mol. The summed E-state index contributed by atoms with van der Waals surface area (Å²) >= 11 is 0. The molecule has 0 saturated carbocycles. The van der Waals surface area contributed by atoms with Gasteiger partial charge in [0.2, 0.25) is 0 Å². The minimum atomic E-state index is -4.45. The zero-order valence-corrected chi connectivity index (χ0v) is 10.8. The van der Waals surface area contributed by atoms with Crippen molar-refractivity contribution in [2.75, 3.05) is 17.7 Å². The number of nitrogen functional groups attached to an aromatic ring is 1. The Morgan fingerprint density at radius 2 is 2.06 bits per heavy atom. The third-order valence-corrected chi connectivity index (χ3v) is 2.95. The molecule has 0 fully saturated rings. The fraction of sp³-hybridized carbons (Fsp3) is 0.583. The molecule has 0 aliphatic heterocycles. The van der Waals surface area contributed by atoms with E-state index in [0.717, 1.165) is 25.1 Å². The highest BCUT2D eigenvalue weighted by Gasteiger charge is 2.33. The number of halogens is 3. The van der Waals surface area contributed by atoms with Gasteiger partial charge in [-0.15, -0.1) is 0 Å². The summed E-state index contributed by atoms with van der Waals surface area (Å²) in [6.45, 7) is 3.98. The van der Waals surface area contributed by atoms with Crippen LogP contribution in [-0.4, -0.2) is 18.1 Å². The van der Waals surface area contributed by atoms with E-state index >= 15 is 0 Å². The van der Waals surface area contributed by atoms with Crippen LogP contribution in [0.3, 0.4) is 0 Å². The zero-order chi connectivity index (χ0) is 13.9. The van der Waals surface area contributed by atoms with Gasteiger partial charge in [0.1, 0.15) is 5.69 Å². The van der Waals surface area contributed by atoms with E-state index in [1.807, 2.05) is 13.8 Å². The van der Waals surface area contributed by atoms with Gasteiger partial charge >= 0.3 is 6.18 Å². The van der Waals surface area contributed by atoms with Crippen LogP contribution in [0.1, 0.15) is 32.4 Å². The Hall–Kier alpha value is -1.46. The second-order valence-electron chi connectivity index (χ2n) is 4.37. The normalized spacial score (nSPS) is 13.4. The van der Waals surface area contributed by atoms with E-state index in [2.05, 4.69) is 4.98 Å². The van der Waals surface area contributed by atoms with E-state index in [-0.39, 0.29) is 11.7 Å². The lowest BCUT2D eigenvalue weighted by Crippen LogP contribution is -2.29. The first-order valence-electron chi connectivity index (χ1n) is 5.83. The van der Waals surface area contributed by atoms with Crippen molar-refractivity contribution in [3.63, 3.8) is 0 Å². The molecule has 1 atom stereocenters. The van der Waals surface area contributed by atoms with E-state index in [4.69, 9.17) is 5.73 Å². The molecule has 0 aromatic carbocycles. The van der Waals surface area contributed by atoms with E-state index in [1.54, 1.807) is 11.9 Å². The SMILES string of the molecule is CCCC(C)N(C)c1cc(C(F)(F)F)ncc1N. The molecule has 1 aromatic heterocycles. The molecule has 0 saturated heterocycles. The standard InChI is InChI=1S/C12H18F3N3/c1-4-5-8(2)18(3)10-6-11(12(13,14)15)17-7-9(10)16/h6-8H,4-5,16H2,1-3H3. The van der Waals surface area contributed by atoms with Crippen LogP contribution < -0.4 is 10.6 Å². The van der Waals surface area contributed by atoms with Gasteiger partial charge in [-0.05, 0) is 19.4 Å². The van der Waals surface area contributed by atoms with Crippen LogP contribution in [0.25, 0.3) is 0 Å². The number of pyridine rings is 1. The summed E-state index contributed by atoms with van der Waals surface area (Å²) in [4.78, 5) is 5.08. The molecule has 1 unspecified atom stereocenters. The quantitative estimate of drug-likeness (QED) is 0.904. The predicted molar refractivity (Wildman–Crippen MR) is 66.4 cm³/mol. The van der Waals surface area contributed by atoms with Crippen molar-refractivity contribution < 1.29 is 13.2 Å². The predicted octanol–water partition coefficient (Wildman–Crippen LogP) is 3.31. The summed E-state index contributed by atoms with van der Waals surface area (Å²) in [5, 5.41) is 0. The number of nitrogens with two attached hydrogens (primary N) is 1. The summed E-state index contributed by atoms with van der Waals surface area (Å²) in [6, 6.07) is 1.13. The van der Waals surface area contributed by atoms with Crippen molar-refractivity contribution in [3.8, 4) is 0 Å². The lowest BCUT2D eigenvalue weighted by Gasteiger charge is -2.28. The lowest BCUT2D eigenvalue weighted by atomic mass is 10.1. The number of alkyl halides is 3. The van der Waals surface area contributed by atoms with Gasteiger partial charge in [-0.25, -0.2) is 4.98 Å². The van der Waals surface area contributed by atoms with Gasteiger partial charge in [-0.1, -0.05) is 13.3 Å². The molecule has 0 aliphatic carbocycles. The molecule has 0 amide bonds. The highest BCUT2D eigenvalue weighted by Crippen LogP contribution is 2.33. The van der Waals surface area contributed by atoms with Gasteiger partial charge in [0.15, 0.2) is 0 Å². The Kier molecular flexibility index (Phi) is 4.43.